The molecule has 0 saturated carbocycles. The molecule has 0 bridgehead atoms. The molecule has 0 aliphatic rings. The highest BCUT2D eigenvalue weighted by Crippen LogP contribution is 2.22. The van der Waals surface area contributed by atoms with E-state index in [4.69, 9.17) is 10.5 Å². The minimum atomic E-state index is -0.305. The second kappa shape index (κ2) is 3.90. The molecule has 1 rings (SSSR count). The molecule has 2 heteroatoms. The molecule has 2 N–H and O–H groups in total. The van der Waals surface area contributed by atoms with Crippen molar-refractivity contribution in [2.24, 2.45) is 5.73 Å². The van der Waals surface area contributed by atoms with Gasteiger partial charge >= 0.3 is 0 Å². The quantitative estimate of drug-likeness (QED) is 0.706. The third kappa shape index (κ3) is 2.08. The molecular formula is C11H17NO. The van der Waals surface area contributed by atoms with Crippen molar-refractivity contribution in [2.75, 3.05) is 7.11 Å². The molecule has 0 aromatic heterocycles. The minimum absolute atomic E-state index is 0.305. The summed E-state index contributed by atoms with van der Waals surface area (Å²) in [4.78, 5) is 0. The van der Waals surface area contributed by atoms with Crippen molar-refractivity contribution in [2.45, 2.75) is 27.0 Å². The first-order chi connectivity index (χ1) is 6.06. The lowest BCUT2D eigenvalue weighted by atomic mass is 9.99. The van der Waals surface area contributed by atoms with Gasteiger partial charge in [0.15, 0.2) is 0 Å². The number of hydrogen-bond acceptors (Lipinski definition) is 2. The van der Waals surface area contributed by atoms with Crippen LogP contribution in [0.1, 0.15) is 28.5 Å². The number of rotatable bonds is 2. The Balaban J connectivity index is 3.20. The molecule has 2 nitrogen and oxygen atoms in total. The summed E-state index contributed by atoms with van der Waals surface area (Å²) < 4.78 is 5.12. The Bertz CT molecular complexity index is 284. The number of aryl methyl sites for hydroxylation is 3. The summed E-state index contributed by atoms with van der Waals surface area (Å²) in [7, 11) is 1.63. The number of benzene rings is 1. The normalized spacial score (nSPS) is 13.0. The number of ether oxygens (including phenoxy) is 1. The summed E-state index contributed by atoms with van der Waals surface area (Å²) in [6.45, 7) is 6.21. The summed E-state index contributed by atoms with van der Waals surface area (Å²) in [6, 6.07) is 4.25. The maximum absolute atomic E-state index is 5.82. The molecule has 72 valence electrons. The lowest BCUT2D eigenvalue weighted by Gasteiger charge is -2.16. The van der Waals surface area contributed by atoms with Crippen LogP contribution in [0.3, 0.4) is 0 Å². The highest BCUT2D eigenvalue weighted by molar-refractivity contribution is 5.38. The van der Waals surface area contributed by atoms with E-state index in [1.54, 1.807) is 7.11 Å². The van der Waals surface area contributed by atoms with Gasteiger partial charge in [0.25, 0.3) is 0 Å². The molecule has 1 unspecified atom stereocenters. The Hall–Kier alpha value is -0.860. The van der Waals surface area contributed by atoms with E-state index in [9.17, 15) is 0 Å². The Labute approximate surface area is 79.7 Å². The molecule has 1 aromatic carbocycles. The van der Waals surface area contributed by atoms with E-state index in [0.29, 0.717) is 0 Å². The van der Waals surface area contributed by atoms with Crippen molar-refractivity contribution in [1.29, 1.82) is 0 Å². The van der Waals surface area contributed by atoms with Crippen LogP contribution in [0.4, 0.5) is 0 Å². The molecule has 0 fully saturated rings. The average molecular weight is 179 g/mol. The zero-order chi connectivity index (χ0) is 10.0. The Morgan fingerprint density at radius 2 is 1.62 bits per heavy atom. The summed E-state index contributed by atoms with van der Waals surface area (Å²) >= 11 is 0. The summed E-state index contributed by atoms with van der Waals surface area (Å²) in [5, 5.41) is 0. The predicted octanol–water partition coefficient (Wildman–Crippen LogP) is 2.22. The highest BCUT2D eigenvalue weighted by Gasteiger charge is 2.10. The van der Waals surface area contributed by atoms with Gasteiger partial charge in [-0.15, -0.1) is 0 Å². The molecular weight excluding hydrogens is 162 g/mol. The van der Waals surface area contributed by atoms with Crippen molar-refractivity contribution in [1.82, 2.24) is 0 Å². The maximum Gasteiger partial charge on any atom is 0.131 e. The molecule has 0 aliphatic carbocycles. The Morgan fingerprint density at radius 3 is 2.00 bits per heavy atom. The van der Waals surface area contributed by atoms with E-state index >= 15 is 0 Å². The van der Waals surface area contributed by atoms with Gasteiger partial charge in [0.1, 0.15) is 6.23 Å². The second-order valence-electron chi connectivity index (χ2n) is 3.47. The predicted molar refractivity (Wildman–Crippen MR) is 54.6 cm³/mol. The van der Waals surface area contributed by atoms with Gasteiger partial charge in [0.2, 0.25) is 0 Å². The molecule has 1 aromatic rings. The standard InChI is InChI=1S/C11H17NO/c1-7-5-8(2)10(9(3)6-7)11(12)13-4/h5-6,11H,12H2,1-4H3. The minimum Gasteiger partial charge on any atom is -0.363 e. The van der Waals surface area contributed by atoms with Crippen LogP contribution >= 0.6 is 0 Å². The van der Waals surface area contributed by atoms with E-state index in [2.05, 4.69) is 32.9 Å². The molecule has 0 aliphatic heterocycles. The Kier molecular flexibility index (Phi) is 3.07. The first kappa shape index (κ1) is 10.2. The Morgan fingerprint density at radius 1 is 1.15 bits per heavy atom. The number of methoxy groups -OCH3 is 1. The lowest BCUT2D eigenvalue weighted by Crippen LogP contribution is -2.15. The SMILES string of the molecule is COC(N)c1c(C)cc(C)cc1C. The summed E-state index contributed by atoms with van der Waals surface area (Å²) in [5.41, 5.74) is 10.6. The van der Waals surface area contributed by atoms with Gasteiger partial charge in [-0.2, -0.15) is 0 Å². The third-order valence-electron chi connectivity index (χ3n) is 2.28. The van der Waals surface area contributed by atoms with Crippen LogP contribution in [-0.2, 0) is 4.74 Å². The van der Waals surface area contributed by atoms with E-state index in [1.165, 1.54) is 16.7 Å². The average Bonchev–Trinajstić information content (AvgIpc) is 2.02. The topological polar surface area (TPSA) is 35.2 Å². The van der Waals surface area contributed by atoms with Crippen LogP contribution in [0.2, 0.25) is 0 Å². The van der Waals surface area contributed by atoms with Crippen LogP contribution in [0.25, 0.3) is 0 Å². The molecule has 1 atom stereocenters. The van der Waals surface area contributed by atoms with Crippen molar-refractivity contribution < 1.29 is 4.74 Å². The van der Waals surface area contributed by atoms with Crippen LogP contribution in [0, 0.1) is 20.8 Å². The van der Waals surface area contributed by atoms with Gasteiger partial charge in [-0.1, -0.05) is 17.7 Å². The molecule has 0 amide bonds. The van der Waals surface area contributed by atoms with E-state index < -0.39 is 0 Å². The first-order valence-electron chi connectivity index (χ1n) is 4.42. The third-order valence-corrected chi connectivity index (χ3v) is 2.28. The van der Waals surface area contributed by atoms with Crippen molar-refractivity contribution in [3.05, 3.63) is 34.4 Å². The van der Waals surface area contributed by atoms with Crippen molar-refractivity contribution in [3.8, 4) is 0 Å². The number of nitrogens with two attached hydrogens (primary N) is 1. The van der Waals surface area contributed by atoms with E-state index in [0.717, 1.165) is 5.56 Å². The molecule has 0 heterocycles. The molecule has 0 radical (unpaired) electrons. The monoisotopic (exact) mass is 179 g/mol. The van der Waals surface area contributed by atoms with Gasteiger partial charge < -0.3 is 10.5 Å². The van der Waals surface area contributed by atoms with Crippen LogP contribution < -0.4 is 5.73 Å². The van der Waals surface area contributed by atoms with Crippen LogP contribution in [0.5, 0.6) is 0 Å². The largest absolute Gasteiger partial charge is 0.363 e. The lowest BCUT2D eigenvalue weighted by molar-refractivity contribution is 0.108. The zero-order valence-corrected chi connectivity index (χ0v) is 8.72. The molecule has 13 heavy (non-hydrogen) atoms. The van der Waals surface area contributed by atoms with Crippen molar-refractivity contribution in [3.63, 3.8) is 0 Å². The van der Waals surface area contributed by atoms with Gasteiger partial charge in [-0.25, -0.2) is 0 Å². The summed E-state index contributed by atoms with van der Waals surface area (Å²) in [6.07, 6.45) is -0.305. The molecule has 0 saturated heterocycles. The van der Waals surface area contributed by atoms with Gasteiger partial charge in [-0.3, -0.25) is 0 Å². The zero-order valence-electron chi connectivity index (χ0n) is 8.72. The maximum atomic E-state index is 5.82. The highest BCUT2D eigenvalue weighted by atomic mass is 16.5. The molecule has 0 spiro atoms. The van der Waals surface area contributed by atoms with E-state index in [-0.39, 0.29) is 6.23 Å². The summed E-state index contributed by atoms with van der Waals surface area (Å²) in [5.74, 6) is 0. The fourth-order valence-corrected chi connectivity index (χ4v) is 1.76. The first-order valence-corrected chi connectivity index (χ1v) is 4.42. The fraction of sp³-hybridized carbons (Fsp3) is 0.455. The van der Waals surface area contributed by atoms with Gasteiger partial charge in [0, 0.05) is 12.7 Å². The van der Waals surface area contributed by atoms with E-state index in [1.807, 2.05) is 0 Å². The smallest absolute Gasteiger partial charge is 0.131 e. The van der Waals surface area contributed by atoms with Crippen molar-refractivity contribution >= 4 is 0 Å². The van der Waals surface area contributed by atoms with Crippen LogP contribution in [0.15, 0.2) is 12.1 Å². The van der Waals surface area contributed by atoms with Crippen LogP contribution in [-0.4, -0.2) is 7.11 Å². The second-order valence-corrected chi connectivity index (χ2v) is 3.47. The number of hydrogen-bond donors (Lipinski definition) is 1. The van der Waals surface area contributed by atoms with Gasteiger partial charge in [0.05, 0.1) is 0 Å². The van der Waals surface area contributed by atoms with Gasteiger partial charge in [-0.05, 0) is 31.9 Å². The fourth-order valence-electron chi connectivity index (χ4n) is 1.76.